The molecule has 2 heterocycles. The lowest BCUT2D eigenvalue weighted by molar-refractivity contribution is -0.132. The van der Waals surface area contributed by atoms with E-state index in [1.807, 2.05) is 35.8 Å². The molecule has 3 rings (SSSR count). The van der Waals surface area contributed by atoms with Crippen LogP contribution in [0.2, 0.25) is 0 Å². The molecule has 1 aromatic rings. The van der Waals surface area contributed by atoms with E-state index in [2.05, 4.69) is 27.8 Å². The lowest BCUT2D eigenvalue weighted by atomic mass is 10.1. The minimum Gasteiger partial charge on any atom is -0.357 e. The summed E-state index contributed by atoms with van der Waals surface area (Å²) in [7, 11) is 0. The van der Waals surface area contributed by atoms with Crippen molar-refractivity contribution in [2.45, 2.75) is 58.7 Å². The van der Waals surface area contributed by atoms with Crippen molar-refractivity contribution in [1.82, 2.24) is 20.4 Å². The van der Waals surface area contributed by atoms with Crippen molar-refractivity contribution in [2.75, 3.05) is 26.2 Å². The number of fused-ring (bicyclic) bond motifs is 1. The maximum absolute atomic E-state index is 12.5. The highest BCUT2D eigenvalue weighted by Crippen LogP contribution is 2.22. The summed E-state index contributed by atoms with van der Waals surface area (Å²) in [6.45, 7) is 8.28. The lowest BCUT2D eigenvalue weighted by Gasteiger charge is -2.19. The van der Waals surface area contributed by atoms with Gasteiger partial charge in [-0.15, -0.1) is 0 Å². The highest BCUT2D eigenvalue weighted by Gasteiger charge is 2.26. The standard InChI is InChI=1S/C22H33N5O2/c1-3-20(28)26-13-11-19(16-26)25-22(23-4-2)24-12-7-10-21(29)27-14-17-8-5-6-9-18(17)15-27/h5-6,8-9,19H,3-4,7,10-16H2,1-2H3,(H2,23,24,25). The number of hydrogen-bond donors (Lipinski definition) is 2. The van der Waals surface area contributed by atoms with Gasteiger partial charge in [-0.2, -0.15) is 0 Å². The van der Waals surface area contributed by atoms with E-state index in [1.165, 1.54) is 11.1 Å². The van der Waals surface area contributed by atoms with Gasteiger partial charge in [0.15, 0.2) is 5.96 Å². The molecule has 7 heteroatoms. The van der Waals surface area contributed by atoms with E-state index >= 15 is 0 Å². The molecule has 158 valence electrons. The van der Waals surface area contributed by atoms with Crippen molar-refractivity contribution in [2.24, 2.45) is 4.99 Å². The third-order valence-corrected chi connectivity index (χ3v) is 5.54. The Balaban J connectivity index is 1.41. The Bertz CT molecular complexity index is 723. The van der Waals surface area contributed by atoms with Crippen LogP contribution in [-0.4, -0.2) is 59.8 Å². The van der Waals surface area contributed by atoms with Gasteiger partial charge in [0.05, 0.1) is 0 Å². The van der Waals surface area contributed by atoms with Crippen LogP contribution < -0.4 is 10.6 Å². The van der Waals surface area contributed by atoms with Crippen LogP contribution in [0.5, 0.6) is 0 Å². The van der Waals surface area contributed by atoms with Gasteiger partial charge in [0.2, 0.25) is 11.8 Å². The van der Waals surface area contributed by atoms with Crippen LogP contribution in [0.4, 0.5) is 0 Å². The zero-order valence-corrected chi connectivity index (χ0v) is 17.6. The van der Waals surface area contributed by atoms with Gasteiger partial charge in [-0.25, -0.2) is 0 Å². The first-order valence-corrected chi connectivity index (χ1v) is 10.8. The molecule has 0 bridgehead atoms. The molecule has 0 radical (unpaired) electrons. The van der Waals surface area contributed by atoms with E-state index in [-0.39, 0.29) is 17.9 Å². The van der Waals surface area contributed by atoms with Crippen LogP contribution in [0.15, 0.2) is 29.3 Å². The van der Waals surface area contributed by atoms with E-state index < -0.39 is 0 Å². The lowest BCUT2D eigenvalue weighted by Crippen LogP contribution is -2.45. The van der Waals surface area contributed by atoms with Crippen molar-refractivity contribution < 1.29 is 9.59 Å². The van der Waals surface area contributed by atoms with E-state index in [4.69, 9.17) is 0 Å². The van der Waals surface area contributed by atoms with Gasteiger partial charge in [-0.3, -0.25) is 14.6 Å². The first-order valence-electron chi connectivity index (χ1n) is 10.8. The first-order chi connectivity index (χ1) is 14.1. The van der Waals surface area contributed by atoms with Crippen LogP contribution in [0, 0.1) is 0 Å². The number of carbonyl (C=O) groups is 2. The van der Waals surface area contributed by atoms with Gasteiger partial charge in [-0.05, 0) is 30.9 Å². The number of guanidine groups is 1. The minimum atomic E-state index is 0.193. The molecule has 1 fully saturated rings. The molecule has 1 saturated heterocycles. The van der Waals surface area contributed by atoms with Crippen LogP contribution in [0.25, 0.3) is 0 Å². The zero-order valence-electron chi connectivity index (χ0n) is 17.6. The second kappa shape index (κ2) is 10.3. The molecule has 0 aromatic heterocycles. The van der Waals surface area contributed by atoms with Crippen molar-refractivity contribution in [1.29, 1.82) is 0 Å². The van der Waals surface area contributed by atoms with Gasteiger partial charge >= 0.3 is 0 Å². The number of hydrogen-bond acceptors (Lipinski definition) is 3. The predicted molar refractivity (Wildman–Crippen MR) is 114 cm³/mol. The number of carbonyl (C=O) groups excluding carboxylic acids is 2. The molecule has 0 saturated carbocycles. The number of benzene rings is 1. The number of aliphatic imine (C=N–C) groups is 1. The summed E-state index contributed by atoms with van der Waals surface area (Å²) in [6.07, 6.45) is 2.73. The summed E-state index contributed by atoms with van der Waals surface area (Å²) in [5.41, 5.74) is 2.51. The maximum atomic E-state index is 12.5. The number of nitrogens with one attached hydrogen (secondary N) is 2. The van der Waals surface area contributed by atoms with Crippen LogP contribution in [-0.2, 0) is 22.7 Å². The van der Waals surface area contributed by atoms with Crippen LogP contribution in [0.1, 0.15) is 50.7 Å². The molecule has 1 aromatic carbocycles. The number of likely N-dealkylation sites (tertiary alicyclic amines) is 1. The largest absolute Gasteiger partial charge is 0.357 e. The number of amides is 2. The van der Waals surface area contributed by atoms with Crippen LogP contribution in [0.3, 0.4) is 0 Å². The highest BCUT2D eigenvalue weighted by atomic mass is 16.2. The van der Waals surface area contributed by atoms with Crippen molar-refractivity contribution in [3.8, 4) is 0 Å². The van der Waals surface area contributed by atoms with Crippen molar-refractivity contribution in [3.63, 3.8) is 0 Å². The zero-order chi connectivity index (χ0) is 20.6. The van der Waals surface area contributed by atoms with E-state index in [0.717, 1.165) is 51.5 Å². The highest BCUT2D eigenvalue weighted by molar-refractivity contribution is 5.81. The quantitative estimate of drug-likeness (QED) is 0.417. The normalized spacial score (nSPS) is 18.7. The van der Waals surface area contributed by atoms with Crippen molar-refractivity contribution >= 4 is 17.8 Å². The number of rotatable bonds is 7. The SMILES string of the molecule is CCNC(=NCCCC(=O)N1Cc2ccccc2C1)NC1CCN(C(=O)CC)C1. The summed E-state index contributed by atoms with van der Waals surface area (Å²) in [5, 5.41) is 6.69. The number of nitrogens with zero attached hydrogens (tertiary/aromatic N) is 3. The Morgan fingerprint density at radius 1 is 1.10 bits per heavy atom. The molecule has 2 amide bonds. The van der Waals surface area contributed by atoms with E-state index in [1.54, 1.807) is 0 Å². The van der Waals surface area contributed by atoms with Gasteiger partial charge in [0, 0.05) is 58.2 Å². The van der Waals surface area contributed by atoms with Crippen molar-refractivity contribution in [3.05, 3.63) is 35.4 Å². The maximum Gasteiger partial charge on any atom is 0.223 e. The fourth-order valence-corrected chi connectivity index (χ4v) is 3.93. The first kappa shape index (κ1) is 21.1. The monoisotopic (exact) mass is 399 g/mol. The third-order valence-electron chi connectivity index (χ3n) is 5.54. The predicted octanol–water partition coefficient (Wildman–Crippen LogP) is 1.87. The second-order valence-electron chi connectivity index (χ2n) is 7.71. The molecule has 1 atom stereocenters. The summed E-state index contributed by atoms with van der Waals surface area (Å²) in [6, 6.07) is 8.48. The summed E-state index contributed by atoms with van der Waals surface area (Å²) in [4.78, 5) is 32.8. The minimum absolute atomic E-state index is 0.193. The third kappa shape index (κ3) is 5.71. The molecule has 2 aliphatic heterocycles. The van der Waals surface area contributed by atoms with Crippen LogP contribution >= 0.6 is 0 Å². The Morgan fingerprint density at radius 3 is 2.48 bits per heavy atom. The van der Waals surface area contributed by atoms with Gasteiger partial charge in [0.25, 0.3) is 0 Å². The molecule has 2 N–H and O–H groups in total. The van der Waals surface area contributed by atoms with E-state index in [0.29, 0.717) is 19.4 Å². The Kier molecular flexibility index (Phi) is 7.49. The molecular weight excluding hydrogens is 366 g/mol. The summed E-state index contributed by atoms with van der Waals surface area (Å²) < 4.78 is 0. The molecule has 0 aliphatic carbocycles. The smallest absolute Gasteiger partial charge is 0.223 e. The average molecular weight is 400 g/mol. The van der Waals surface area contributed by atoms with Gasteiger partial charge < -0.3 is 20.4 Å². The molecule has 29 heavy (non-hydrogen) atoms. The molecule has 2 aliphatic rings. The molecule has 0 spiro atoms. The fourth-order valence-electron chi connectivity index (χ4n) is 3.93. The fraction of sp³-hybridized carbons (Fsp3) is 0.591. The molecular formula is C22H33N5O2. The Hall–Kier alpha value is -2.57. The Labute approximate surface area is 173 Å². The van der Waals surface area contributed by atoms with Gasteiger partial charge in [0.1, 0.15) is 0 Å². The summed E-state index contributed by atoms with van der Waals surface area (Å²) in [5.74, 6) is 1.17. The van der Waals surface area contributed by atoms with Gasteiger partial charge in [-0.1, -0.05) is 31.2 Å². The van der Waals surface area contributed by atoms with E-state index in [9.17, 15) is 9.59 Å². The average Bonchev–Trinajstić information content (AvgIpc) is 3.37. The molecule has 1 unspecified atom stereocenters. The second-order valence-corrected chi connectivity index (χ2v) is 7.71. The topological polar surface area (TPSA) is 77.0 Å². The Morgan fingerprint density at radius 2 is 1.83 bits per heavy atom. The summed E-state index contributed by atoms with van der Waals surface area (Å²) >= 11 is 0. The molecule has 7 nitrogen and oxygen atoms in total.